The van der Waals surface area contributed by atoms with Gasteiger partial charge in [-0.05, 0) is 28.8 Å². The van der Waals surface area contributed by atoms with Crippen LogP contribution in [0, 0.1) is 6.07 Å². The number of hydrogen-bond donors (Lipinski definition) is 0. The lowest BCUT2D eigenvalue weighted by Gasteiger charge is -2.35. The summed E-state index contributed by atoms with van der Waals surface area (Å²) < 4.78 is -0.332. The van der Waals surface area contributed by atoms with E-state index in [9.17, 15) is 0 Å². The zero-order valence-electron chi connectivity index (χ0n) is 14.4. The highest BCUT2D eigenvalue weighted by atomic mass is 32.2. The second kappa shape index (κ2) is 7.63. The van der Waals surface area contributed by atoms with Crippen LogP contribution in [0.1, 0.15) is 16.7 Å². The first-order valence-corrected chi connectivity index (χ1v) is 9.53. The van der Waals surface area contributed by atoms with Crippen LogP contribution in [-0.4, -0.2) is 0 Å². The lowest BCUT2D eigenvalue weighted by molar-refractivity contribution is 0.894. The van der Waals surface area contributed by atoms with Gasteiger partial charge in [0.25, 0.3) is 0 Å². The van der Waals surface area contributed by atoms with E-state index in [1.165, 1.54) is 16.7 Å². The Bertz CT molecular complexity index is 836. The van der Waals surface area contributed by atoms with Gasteiger partial charge in [0.15, 0.2) is 0 Å². The van der Waals surface area contributed by atoms with Gasteiger partial charge in [0.05, 0.1) is 4.75 Å². The highest BCUT2D eigenvalue weighted by Crippen LogP contribution is 2.51. The molecule has 0 nitrogen and oxygen atoms in total. The van der Waals surface area contributed by atoms with Crippen LogP contribution in [-0.2, 0) is 4.75 Å². The molecule has 4 aromatic rings. The van der Waals surface area contributed by atoms with Gasteiger partial charge in [-0.3, -0.25) is 0 Å². The van der Waals surface area contributed by atoms with Gasteiger partial charge in [0, 0.05) is 4.90 Å². The molecule has 0 amide bonds. The Labute approximate surface area is 159 Å². The largest absolute Gasteiger partial charge is 0.104 e. The summed E-state index contributed by atoms with van der Waals surface area (Å²) in [6, 6.07) is 43.8. The summed E-state index contributed by atoms with van der Waals surface area (Å²) in [5, 5.41) is 0. The molecule has 0 aliphatic carbocycles. The fourth-order valence-corrected chi connectivity index (χ4v) is 4.67. The predicted octanol–water partition coefficient (Wildman–Crippen LogP) is 6.57. The summed E-state index contributed by atoms with van der Waals surface area (Å²) in [5.74, 6) is 0. The van der Waals surface area contributed by atoms with Gasteiger partial charge in [0.1, 0.15) is 0 Å². The van der Waals surface area contributed by atoms with Crippen LogP contribution in [0.3, 0.4) is 0 Å². The van der Waals surface area contributed by atoms with Crippen molar-refractivity contribution in [3.05, 3.63) is 138 Å². The molecule has 0 unspecified atom stereocenters. The van der Waals surface area contributed by atoms with E-state index in [4.69, 9.17) is 0 Å². The first-order valence-electron chi connectivity index (χ1n) is 8.72. The maximum absolute atomic E-state index is 3.40. The molecule has 125 valence electrons. The SMILES string of the molecule is [c]1ccccc1SC(c1ccccc1)(c1ccccc1)c1ccccc1. The maximum Gasteiger partial charge on any atom is 0.0954 e. The first-order chi connectivity index (χ1) is 12.9. The van der Waals surface area contributed by atoms with Gasteiger partial charge in [0.2, 0.25) is 0 Å². The van der Waals surface area contributed by atoms with Crippen LogP contribution in [0.2, 0.25) is 0 Å². The topological polar surface area (TPSA) is 0 Å². The van der Waals surface area contributed by atoms with E-state index in [1.54, 1.807) is 0 Å². The molecule has 0 aliphatic rings. The predicted molar refractivity (Wildman–Crippen MR) is 110 cm³/mol. The van der Waals surface area contributed by atoms with Gasteiger partial charge < -0.3 is 0 Å². The van der Waals surface area contributed by atoms with Crippen LogP contribution in [0.15, 0.2) is 120 Å². The summed E-state index contributed by atoms with van der Waals surface area (Å²) in [7, 11) is 0. The highest BCUT2D eigenvalue weighted by Gasteiger charge is 2.37. The summed E-state index contributed by atoms with van der Waals surface area (Å²) in [5.41, 5.74) is 3.79. The lowest BCUT2D eigenvalue weighted by atomic mass is 9.84. The molecular weight excluding hydrogens is 332 g/mol. The van der Waals surface area contributed by atoms with E-state index in [-0.39, 0.29) is 4.75 Å². The van der Waals surface area contributed by atoms with Gasteiger partial charge in [-0.2, -0.15) is 0 Å². The van der Waals surface area contributed by atoms with Crippen molar-refractivity contribution in [1.29, 1.82) is 0 Å². The van der Waals surface area contributed by atoms with Crippen molar-refractivity contribution in [3.8, 4) is 0 Å². The molecule has 0 atom stereocenters. The smallest absolute Gasteiger partial charge is 0.0954 e. The Hall–Kier alpha value is -2.77. The zero-order chi connectivity index (χ0) is 17.7. The van der Waals surface area contributed by atoms with Gasteiger partial charge >= 0.3 is 0 Å². The first kappa shape index (κ1) is 16.7. The number of rotatable bonds is 5. The summed E-state index contributed by atoms with van der Waals surface area (Å²) in [6.07, 6.45) is 0. The third kappa shape index (κ3) is 3.18. The maximum atomic E-state index is 3.40. The summed E-state index contributed by atoms with van der Waals surface area (Å²) in [4.78, 5) is 1.13. The van der Waals surface area contributed by atoms with Crippen LogP contribution < -0.4 is 0 Å². The third-order valence-corrected chi connectivity index (χ3v) is 5.97. The molecule has 0 fully saturated rings. The average Bonchev–Trinajstić information content (AvgIpc) is 2.75. The van der Waals surface area contributed by atoms with E-state index in [0.717, 1.165) is 4.90 Å². The van der Waals surface area contributed by atoms with E-state index in [2.05, 4.69) is 109 Å². The Balaban J connectivity index is 2.00. The number of hydrogen-bond acceptors (Lipinski definition) is 1. The Kier molecular flexibility index (Phi) is 4.90. The molecule has 1 radical (unpaired) electrons. The van der Waals surface area contributed by atoms with E-state index in [0.29, 0.717) is 0 Å². The molecule has 0 bridgehead atoms. The molecule has 0 aromatic heterocycles. The molecule has 1 heteroatoms. The fourth-order valence-electron chi connectivity index (χ4n) is 3.30. The zero-order valence-corrected chi connectivity index (χ0v) is 15.2. The van der Waals surface area contributed by atoms with Crippen molar-refractivity contribution in [2.75, 3.05) is 0 Å². The van der Waals surface area contributed by atoms with Crippen molar-refractivity contribution in [3.63, 3.8) is 0 Å². The molecule has 4 aromatic carbocycles. The fraction of sp³-hybridized carbons (Fsp3) is 0.0400. The minimum Gasteiger partial charge on any atom is -0.104 e. The highest BCUT2D eigenvalue weighted by molar-refractivity contribution is 8.00. The molecule has 0 saturated carbocycles. The van der Waals surface area contributed by atoms with Gasteiger partial charge in [-0.1, -0.05) is 109 Å². The second-order valence-electron chi connectivity index (χ2n) is 6.11. The number of thioether (sulfide) groups is 1. The Morgan fingerprint density at radius 1 is 0.500 bits per heavy atom. The van der Waals surface area contributed by atoms with Crippen LogP contribution >= 0.6 is 11.8 Å². The normalized spacial score (nSPS) is 11.2. The molecule has 0 N–H and O–H groups in total. The Morgan fingerprint density at radius 2 is 0.923 bits per heavy atom. The van der Waals surface area contributed by atoms with Crippen molar-refractivity contribution in [2.45, 2.75) is 9.64 Å². The molecule has 0 saturated heterocycles. The number of benzene rings is 4. The van der Waals surface area contributed by atoms with Crippen LogP contribution in [0.4, 0.5) is 0 Å². The van der Waals surface area contributed by atoms with Crippen LogP contribution in [0.25, 0.3) is 0 Å². The lowest BCUT2D eigenvalue weighted by Crippen LogP contribution is -2.25. The monoisotopic (exact) mass is 351 g/mol. The standard InChI is InChI=1S/C25H19S/c1-5-13-21(14-6-1)25(22-15-7-2-8-16-22,23-17-9-3-10-18-23)26-24-19-11-4-12-20-24/h1-19H. The van der Waals surface area contributed by atoms with Gasteiger partial charge in [-0.25, -0.2) is 0 Å². The van der Waals surface area contributed by atoms with Crippen molar-refractivity contribution in [1.82, 2.24) is 0 Å². The third-order valence-electron chi connectivity index (χ3n) is 4.48. The molecule has 4 rings (SSSR count). The van der Waals surface area contributed by atoms with E-state index < -0.39 is 0 Å². The molecule has 26 heavy (non-hydrogen) atoms. The average molecular weight is 351 g/mol. The van der Waals surface area contributed by atoms with E-state index in [1.807, 2.05) is 23.9 Å². The Morgan fingerprint density at radius 3 is 1.31 bits per heavy atom. The molecule has 0 heterocycles. The molecule has 0 spiro atoms. The minimum absolute atomic E-state index is 0.332. The van der Waals surface area contributed by atoms with Crippen molar-refractivity contribution in [2.24, 2.45) is 0 Å². The molecule has 0 aliphatic heterocycles. The van der Waals surface area contributed by atoms with Gasteiger partial charge in [-0.15, -0.1) is 11.8 Å². The quantitative estimate of drug-likeness (QED) is 0.289. The van der Waals surface area contributed by atoms with Crippen LogP contribution in [0.5, 0.6) is 0 Å². The summed E-state index contributed by atoms with van der Waals surface area (Å²) >= 11 is 1.84. The summed E-state index contributed by atoms with van der Waals surface area (Å²) in [6.45, 7) is 0. The molecular formula is C25H19S. The second-order valence-corrected chi connectivity index (χ2v) is 7.36. The minimum atomic E-state index is -0.332. The van der Waals surface area contributed by atoms with Crippen molar-refractivity contribution >= 4 is 11.8 Å². The van der Waals surface area contributed by atoms with E-state index >= 15 is 0 Å². The van der Waals surface area contributed by atoms with Crippen molar-refractivity contribution < 1.29 is 0 Å².